The van der Waals surface area contributed by atoms with Crippen molar-refractivity contribution in [2.45, 2.75) is 13.8 Å². The van der Waals surface area contributed by atoms with Gasteiger partial charge in [0, 0.05) is 0 Å². The van der Waals surface area contributed by atoms with Crippen molar-refractivity contribution >= 4 is 17.9 Å². The first kappa shape index (κ1) is 10.1. The van der Waals surface area contributed by atoms with Crippen LogP contribution in [0.3, 0.4) is 0 Å². The Labute approximate surface area is 82.5 Å². The van der Waals surface area contributed by atoms with E-state index >= 15 is 0 Å². The second kappa shape index (κ2) is 4.28. The molecule has 13 heavy (non-hydrogen) atoms. The van der Waals surface area contributed by atoms with Crippen molar-refractivity contribution in [1.82, 2.24) is 0 Å². The Hall–Kier alpha value is -1.02. The SMILES string of the molecule is CCOc1c(C=O)ccc(C)c1Cl. The molecule has 70 valence electrons. The van der Waals surface area contributed by atoms with Gasteiger partial charge in [0.15, 0.2) is 6.29 Å². The van der Waals surface area contributed by atoms with E-state index in [0.29, 0.717) is 22.9 Å². The van der Waals surface area contributed by atoms with E-state index in [-0.39, 0.29) is 0 Å². The minimum atomic E-state index is 0.485. The Morgan fingerprint density at radius 3 is 2.77 bits per heavy atom. The smallest absolute Gasteiger partial charge is 0.153 e. The average molecular weight is 199 g/mol. The van der Waals surface area contributed by atoms with Crippen LogP contribution in [0.15, 0.2) is 12.1 Å². The molecule has 0 bridgehead atoms. The Bertz CT molecular complexity index is 321. The fourth-order valence-corrected chi connectivity index (χ4v) is 1.28. The maximum absolute atomic E-state index is 10.6. The second-order valence-electron chi connectivity index (χ2n) is 2.67. The van der Waals surface area contributed by atoms with Crippen LogP contribution in [0, 0.1) is 6.92 Å². The molecule has 0 aliphatic rings. The summed E-state index contributed by atoms with van der Waals surface area (Å²) in [6.45, 7) is 4.23. The first-order valence-electron chi connectivity index (χ1n) is 4.07. The Balaban J connectivity index is 3.23. The van der Waals surface area contributed by atoms with Crippen LogP contribution in [0.25, 0.3) is 0 Å². The molecular formula is C10H11ClO2. The summed E-state index contributed by atoms with van der Waals surface area (Å²) in [5.41, 5.74) is 1.41. The number of hydrogen-bond donors (Lipinski definition) is 0. The highest BCUT2D eigenvalue weighted by Gasteiger charge is 2.09. The van der Waals surface area contributed by atoms with Crippen LogP contribution in [-0.2, 0) is 0 Å². The molecule has 0 amide bonds. The lowest BCUT2D eigenvalue weighted by Crippen LogP contribution is -1.97. The van der Waals surface area contributed by atoms with Crippen molar-refractivity contribution in [1.29, 1.82) is 0 Å². The highest BCUT2D eigenvalue weighted by atomic mass is 35.5. The third-order valence-corrected chi connectivity index (χ3v) is 2.21. The highest BCUT2D eigenvalue weighted by Crippen LogP contribution is 2.30. The summed E-state index contributed by atoms with van der Waals surface area (Å²) >= 11 is 5.97. The molecule has 0 aromatic heterocycles. The van der Waals surface area contributed by atoms with Crippen molar-refractivity contribution in [3.8, 4) is 5.75 Å². The number of aldehydes is 1. The fourth-order valence-electron chi connectivity index (χ4n) is 1.05. The Morgan fingerprint density at radius 1 is 1.54 bits per heavy atom. The fraction of sp³-hybridized carbons (Fsp3) is 0.300. The predicted octanol–water partition coefficient (Wildman–Crippen LogP) is 2.86. The molecule has 0 N–H and O–H groups in total. The van der Waals surface area contributed by atoms with Crippen LogP contribution in [0.5, 0.6) is 5.75 Å². The molecule has 3 heteroatoms. The lowest BCUT2D eigenvalue weighted by Gasteiger charge is -2.09. The van der Waals surface area contributed by atoms with Gasteiger partial charge in [0.05, 0.1) is 17.2 Å². The number of halogens is 1. The molecule has 0 heterocycles. The van der Waals surface area contributed by atoms with Gasteiger partial charge in [-0.1, -0.05) is 17.7 Å². The summed E-state index contributed by atoms with van der Waals surface area (Å²) in [7, 11) is 0. The van der Waals surface area contributed by atoms with Crippen molar-refractivity contribution in [2.24, 2.45) is 0 Å². The molecule has 0 aliphatic heterocycles. The lowest BCUT2D eigenvalue weighted by atomic mass is 10.1. The van der Waals surface area contributed by atoms with Gasteiger partial charge in [-0.05, 0) is 25.5 Å². The lowest BCUT2D eigenvalue weighted by molar-refractivity contribution is 0.112. The van der Waals surface area contributed by atoms with Crippen LogP contribution >= 0.6 is 11.6 Å². The zero-order valence-corrected chi connectivity index (χ0v) is 8.39. The van der Waals surface area contributed by atoms with Gasteiger partial charge >= 0.3 is 0 Å². The molecule has 0 saturated carbocycles. The van der Waals surface area contributed by atoms with Gasteiger partial charge in [0.1, 0.15) is 5.75 Å². The van der Waals surface area contributed by atoms with Crippen LogP contribution in [0.1, 0.15) is 22.8 Å². The molecule has 0 saturated heterocycles. The van der Waals surface area contributed by atoms with Crippen molar-refractivity contribution in [3.05, 3.63) is 28.3 Å². The molecule has 2 nitrogen and oxygen atoms in total. The minimum absolute atomic E-state index is 0.485. The van der Waals surface area contributed by atoms with Crippen LogP contribution in [0.4, 0.5) is 0 Å². The molecule has 0 radical (unpaired) electrons. The summed E-state index contributed by atoms with van der Waals surface area (Å²) in [4.78, 5) is 10.6. The summed E-state index contributed by atoms with van der Waals surface area (Å²) in [6.07, 6.45) is 0.746. The number of carbonyl (C=O) groups excluding carboxylic acids is 1. The van der Waals surface area contributed by atoms with E-state index in [2.05, 4.69) is 0 Å². The zero-order chi connectivity index (χ0) is 9.84. The molecule has 0 unspecified atom stereocenters. The monoisotopic (exact) mass is 198 g/mol. The summed E-state index contributed by atoms with van der Waals surface area (Å²) < 4.78 is 5.28. The molecule has 1 aromatic carbocycles. The second-order valence-corrected chi connectivity index (χ2v) is 3.04. The zero-order valence-electron chi connectivity index (χ0n) is 7.63. The van der Waals surface area contributed by atoms with Crippen LogP contribution in [0.2, 0.25) is 5.02 Å². The van der Waals surface area contributed by atoms with E-state index in [0.717, 1.165) is 11.8 Å². The van der Waals surface area contributed by atoms with Gasteiger partial charge in [-0.3, -0.25) is 4.79 Å². The topological polar surface area (TPSA) is 26.3 Å². The maximum Gasteiger partial charge on any atom is 0.153 e. The number of rotatable bonds is 3. The highest BCUT2D eigenvalue weighted by molar-refractivity contribution is 6.33. The number of ether oxygens (including phenoxy) is 1. The molecule has 0 atom stereocenters. The number of aryl methyl sites for hydroxylation is 1. The van der Waals surface area contributed by atoms with Gasteiger partial charge < -0.3 is 4.74 Å². The third-order valence-electron chi connectivity index (χ3n) is 1.74. The van der Waals surface area contributed by atoms with Gasteiger partial charge in [-0.2, -0.15) is 0 Å². The van der Waals surface area contributed by atoms with E-state index in [1.54, 1.807) is 12.1 Å². The first-order valence-corrected chi connectivity index (χ1v) is 4.45. The van der Waals surface area contributed by atoms with Gasteiger partial charge in [0.2, 0.25) is 0 Å². The maximum atomic E-state index is 10.6. The predicted molar refractivity (Wildman–Crippen MR) is 52.7 cm³/mol. The summed E-state index contributed by atoms with van der Waals surface area (Å²) in [5.74, 6) is 0.485. The number of hydrogen-bond acceptors (Lipinski definition) is 2. The standard InChI is InChI=1S/C10H11ClO2/c1-3-13-10-8(6-12)5-4-7(2)9(10)11/h4-6H,3H2,1-2H3. The number of benzene rings is 1. The van der Waals surface area contributed by atoms with Crippen LogP contribution < -0.4 is 4.74 Å². The van der Waals surface area contributed by atoms with Gasteiger partial charge in [-0.15, -0.1) is 0 Å². The molecular weight excluding hydrogens is 188 g/mol. The van der Waals surface area contributed by atoms with Crippen LogP contribution in [-0.4, -0.2) is 12.9 Å². The first-order chi connectivity index (χ1) is 6.20. The molecule has 1 aromatic rings. The minimum Gasteiger partial charge on any atom is -0.492 e. The van der Waals surface area contributed by atoms with E-state index < -0.39 is 0 Å². The van der Waals surface area contributed by atoms with Gasteiger partial charge in [0.25, 0.3) is 0 Å². The van der Waals surface area contributed by atoms with E-state index in [9.17, 15) is 4.79 Å². The Morgan fingerprint density at radius 2 is 2.23 bits per heavy atom. The average Bonchev–Trinajstić information content (AvgIpc) is 2.14. The van der Waals surface area contributed by atoms with Crippen molar-refractivity contribution in [3.63, 3.8) is 0 Å². The van der Waals surface area contributed by atoms with E-state index in [4.69, 9.17) is 16.3 Å². The van der Waals surface area contributed by atoms with Crippen molar-refractivity contribution in [2.75, 3.05) is 6.61 Å². The van der Waals surface area contributed by atoms with Gasteiger partial charge in [-0.25, -0.2) is 0 Å². The summed E-state index contributed by atoms with van der Waals surface area (Å²) in [5, 5.41) is 0.520. The third kappa shape index (κ3) is 2.01. The molecule has 0 fully saturated rings. The normalized spacial score (nSPS) is 9.77. The summed E-state index contributed by atoms with van der Waals surface area (Å²) in [6, 6.07) is 3.51. The van der Waals surface area contributed by atoms with E-state index in [1.807, 2.05) is 13.8 Å². The van der Waals surface area contributed by atoms with Crippen molar-refractivity contribution < 1.29 is 9.53 Å². The largest absolute Gasteiger partial charge is 0.492 e. The molecule has 0 spiro atoms. The van der Waals surface area contributed by atoms with E-state index in [1.165, 1.54) is 0 Å². The Kier molecular flexibility index (Phi) is 3.32. The molecule has 1 rings (SSSR count). The quantitative estimate of drug-likeness (QED) is 0.699. The number of carbonyl (C=O) groups is 1. The molecule has 0 aliphatic carbocycles.